The number of nitrogens with one attached hydrogen (secondary N) is 1. The van der Waals surface area contributed by atoms with Gasteiger partial charge in [0.1, 0.15) is 10.9 Å². The molecule has 1 N–H and O–H groups in total. The van der Waals surface area contributed by atoms with E-state index in [0.29, 0.717) is 0 Å². The third-order valence-corrected chi connectivity index (χ3v) is 4.26. The molecule has 1 saturated heterocycles. The Labute approximate surface area is 113 Å². The Hall–Kier alpha value is -0.930. The van der Waals surface area contributed by atoms with Gasteiger partial charge < -0.3 is 10.2 Å². The number of nitriles is 1. The first-order chi connectivity index (χ1) is 8.78. The molecule has 2 rings (SSSR count). The van der Waals surface area contributed by atoms with Gasteiger partial charge in [-0.1, -0.05) is 0 Å². The van der Waals surface area contributed by atoms with Gasteiger partial charge in [0, 0.05) is 50.7 Å². The zero-order chi connectivity index (χ0) is 12.8. The average molecular weight is 264 g/mol. The van der Waals surface area contributed by atoms with Crippen molar-refractivity contribution in [3.8, 4) is 6.07 Å². The van der Waals surface area contributed by atoms with E-state index < -0.39 is 0 Å². The molecule has 0 bridgehead atoms. The van der Waals surface area contributed by atoms with E-state index in [1.807, 2.05) is 12.1 Å². The summed E-state index contributed by atoms with van der Waals surface area (Å²) < 4.78 is 0. The monoisotopic (exact) mass is 264 g/mol. The standard InChI is InChI=1S/C13H20N4S/c1-16-6-8-17(9-7-16)5-4-15-11-13-3-2-12(10-14)18-13/h2-3,15H,4-9,11H2,1H3. The van der Waals surface area contributed by atoms with E-state index in [4.69, 9.17) is 5.26 Å². The van der Waals surface area contributed by atoms with E-state index in [2.05, 4.69) is 28.2 Å². The highest BCUT2D eigenvalue weighted by Gasteiger charge is 2.12. The zero-order valence-corrected chi connectivity index (χ0v) is 11.7. The third kappa shape index (κ3) is 4.07. The number of piperazine rings is 1. The van der Waals surface area contributed by atoms with E-state index in [1.165, 1.54) is 31.1 Å². The summed E-state index contributed by atoms with van der Waals surface area (Å²) in [6, 6.07) is 6.10. The first-order valence-electron chi connectivity index (χ1n) is 6.38. The van der Waals surface area contributed by atoms with Crippen molar-refractivity contribution in [2.24, 2.45) is 0 Å². The minimum absolute atomic E-state index is 0.797. The van der Waals surface area contributed by atoms with Crippen LogP contribution in [0, 0.1) is 11.3 Å². The van der Waals surface area contributed by atoms with Gasteiger partial charge in [-0.3, -0.25) is 4.90 Å². The molecule has 1 fully saturated rings. The smallest absolute Gasteiger partial charge is 0.110 e. The van der Waals surface area contributed by atoms with Gasteiger partial charge in [0.05, 0.1) is 0 Å². The first-order valence-corrected chi connectivity index (χ1v) is 7.20. The van der Waals surface area contributed by atoms with E-state index in [-0.39, 0.29) is 0 Å². The summed E-state index contributed by atoms with van der Waals surface area (Å²) in [4.78, 5) is 6.91. The van der Waals surface area contributed by atoms with E-state index in [0.717, 1.165) is 24.5 Å². The van der Waals surface area contributed by atoms with Crippen LogP contribution in [0.3, 0.4) is 0 Å². The fourth-order valence-corrected chi connectivity index (χ4v) is 2.83. The second kappa shape index (κ2) is 6.86. The van der Waals surface area contributed by atoms with Crippen LogP contribution in [0.4, 0.5) is 0 Å². The van der Waals surface area contributed by atoms with Gasteiger partial charge in [-0.25, -0.2) is 0 Å². The van der Waals surface area contributed by atoms with Crippen LogP contribution in [-0.4, -0.2) is 56.1 Å². The summed E-state index contributed by atoms with van der Waals surface area (Å²) >= 11 is 1.58. The summed E-state index contributed by atoms with van der Waals surface area (Å²) in [7, 11) is 2.18. The van der Waals surface area contributed by atoms with Crippen LogP contribution >= 0.6 is 11.3 Å². The second-order valence-electron chi connectivity index (χ2n) is 4.70. The second-order valence-corrected chi connectivity index (χ2v) is 5.87. The lowest BCUT2D eigenvalue weighted by Gasteiger charge is -2.32. The molecular weight excluding hydrogens is 244 g/mol. The molecule has 0 radical (unpaired) electrons. The van der Waals surface area contributed by atoms with Crippen molar-refractivity contribution in [1.29, 1.82) is 5.26 Å². The van der Waals surface area contributed by atoms with Gasteiger partial charge in [0.2, 0.25) is 0 Å². The fraction of sp³-hybridized carbons (Fsp3) is 0.615. The maximum absolute atomic E-state index is 8.74. The highest BCUT2D eigenvalue weighted by atomic mass is 32.1. The van der Waals surface area contributed by atoms with Crippen LogP contribution in [0.1, 0.15) is 9.75 Å². The number of hydrogen-bond acceptors (Lipinski definition) is 5. The molecule has 0 atom stereocenters. The summed E-state index contributed by atoms with van der Waals surface area (Å²) in [6.07, 6.45) is 0. The Morgan fingerprint density at radius 2 is 2.11 bits per heavy atom. The summed E-state index contributed by atoms with van der Waals surface area (Å²) in [5.41, 5.74) is 0. The number of hydrogen-bond donors (Lipinski definition) is 1. The van der Waals surface area contributed by atoms with E-state index in [1.54, 1.807) is 11.3 Å². The third-order valence-electron chi connectivity index (χ3n) is 3.27. The molecule has 18 heavy (non-hydrogen) atoms. The highest BCUT2D eigenvalue weighted by molar-refractivity contribution is 7.12. The molecule has 4 nitrogen and oxygen atoms in total. The largest absolute Gasteiger partial charge is 0.311 e. The molecular formula is C13H20N4S. The van der Waals surface area contributed by atoms with Gasteiger partial charge in [0.15, 0.2) is 0 Å². The van der Waals surface area contributed by atoms with Crippen LogP contribution in [0.15, 0.2) is 12.1 Å². The number of thiophene rings is 1. The molecule has 0 spiro atoms. The summed E-state index contributed by atoms with van der Waals surface area (Å²) in [5, 5.41) is 12.2. The minimum atomic E-state index is 0.797. The van der Waals surface area contributed by atoms with Gasteiger partial charge in [-0.15, -0.1) is 11.3 Å². The predicted octanol–water partition coefficient (Wildman–Crippen LogP) is 0.957. The van der Waals surface area contributed by atoms with Crippen molar-refractivity contribution >= 4 is 11.3 Å². The van der Waals surface area contributed by atoms with E-state index in [9.17, 15) is 0 Å². The SMILES string of the molecule is CN1CCN(CCNCc2ccc(C#N)s2)CC1. The number of nitrogens with zero attached hydrogens (tertiary/aromatic N) is 3. The Bertz CT molecular complexity index is 401. The van der Waals surface area contributed by atoms with Crippen molar-refractivity contribution in [1.82, 2.24) is 15.1 Å². The quantitative estimate of drug-likeness (QED) is 0.804. The van der Waals surface area contributed by atoms with Crippen LogP contribution in [-0.2, 0) is 6.54 Å². The maximum Gasteiger partial charge on any atom is 0.110 e. The molecule has 98 valence electrons. The summed E-state index contributed by atoms with van der Waals surface area (Å²) in [6.45, 7) is 7.71. The summed E-state index contributed by atoms with van der Waals surface area (Å²) in [5.74, 6) is 0. The Balaban J connectivity index is 1.60. The van der Waals surface area contributed by atoms with Crippen LogP contribution in [0.2, 0.25) is 0 Å². The minimum Gasteiger partial charge on any atom is -0.311 e. The molecule has 0 aliphatic carbocycles. The molecule has 1 aromatic heterocycles. The molecule has 1 aliphatic heterocycles. The van der Waals surface area contributed by atoms with Crippen molar-refractivity contribution < 1.29 is 0 Å². The van der Waals surface area contributed by atoms with Crippen molar-refractivity contribution in [2.75, 3.05) is 46.3 Å². The van der Waals surface area contributed by atoms with Crippen LogP contribution < -0.4 is 5.32 Å². The molecule has 0 amide bonds. The number of rotatable bonds is 5. The van der Waals surface area contributed by atoms with Gasteiger partial charge in [0.25, 0.3) is 0 Å². The molecule has 5 heteroatoms. The zero-order valence-electron chi connectivity index (χ0n) is 10.9. The van der Waals surface area contributed by atoms with E-state index >= 15 is 0 Å². The van der Waals surface area contributed by atoms with Crippen LogP contribution in [0.5, 0.6) is 0 Å². The topological polar surface area (TPSA) is 42.3 Å². The van der Waals surface area contributed by atoms with Crippen molar-refractivity contribution in [3.05, 3.63) is 21.9 Å². The Morgan fingerprint density at radius 1 is 1.33 bits per heavy atom. The lowest BCUT2D eigenvalue weighted by atomic mass is 10.3. The lowest BCUT2D eigenvalue weighted by Crippen LogP contribution is -2.46. The normalized spacial score (nSPS) is 17.8. The average Bonchev–Trinajstić information content (AvgIpc) is 2.85. The van der Waals surface area contributed by atoms with Crippen molar-refractivity contribution in [3.63, 3.8) is 0 Å². The molecule has 0 aromatic carbocycles. The molecule has 0 saturated carbocycles. The number of likely N-dealkylation sites (N-methyl/N-ethyl adjacent to an activating group) is 1. The molecule has 0 unspecified atom stereocenters. The molecule has 2 heterocycles. The fourth-order valence-electron chi connectivity index (χ4n) is 2.05. The van der Waals surface area contributed by atoms with Crippen molar-refractivity contribution in [2.45, 2.75) is 6.54 Å². The van der Waals surface area contributed by atoms with Gasteiger partial charge in [-0.2, -0.15) is 5.26 Å². The highest BCUT2D eigenvalue weighted by Crippen LogP contribution is 2.14. The van der Waals surface area contributed by atoms with Crippen LogP contribution in [0.25, 0.3) is 0 Å². The first kappa shape index (κ1) is 13.5. The molecule has 1 aliphatic rings. The molecule has 1 aromatic rings. The van der Waals surface area contributed by atoms with Gasteiger partial charge >= 0.3 is 0 Å². The predicted molar refractivity (Wildman–Crippen MR) is 74.7 cm³/mol. The maximum atomic E-state index is 8.74. The van der Waals surface area contributed by atoms with Gasteiger partial charge in [-0.05, 0) is 19.2 Å². The Kier molecular flexibility index (Phi) is 5.14. The lowest BCUT2D eigenvalue weighted by molar-refractivity contribution is 0.154. The Morgan fingerprint density at radius 3 is 2.78 bits per heavy atom.